The zero-order valence-electron chi connectivity index (χ0n) is 10.9. The molecule has 0 amide bonds. The largest absolute Gasteiger partial charge is 0.478 e. The molecule has 0 radical (unpaired) electrons. The lowest BCUT2D eigenvalue weighted by atomic mass is 9.83. The normalized spacial score (nSPS) is 23.0. The summed E-state index contributed by atoms with van der Waals surface area (Å²) in [6.07, 6.45) is 5.36. The van der Waals surface area contributed by atoms with Crippen LogP contribution in [0.4, 0.5) is 0 Å². The Labute approximate surface area is 122 Å². The molecule has 0 saturated heterocycles. The van der Waals surface area contributed by atoms with Gasteiger partial charge < -0.3 is 5.11 Å². The van der Waals surface area contributed by atoms with Crippen molar-refractivity contribution in [2.24, 2.45) is 0 Å². The predicted octanol–water partition coefficient (Wildman–Crippen LogP) is 4.29. The van der Waals surface area contributed by atoms with Crippen LogP contribution in [0, 0.1) is 0 Å². The highest BCUT2D eigenvalue weighted by Gasteiger charge is 2.20. The van der Waals surface area contributed by atoms with Gasteiger partial charge >= 0.3 is 5.97 Å². The molecule has 19 heavy (non-hydrogen) atoms. The standard InChI is InChI=1S/C16H19BrO2/c1-11(16(18)19)10-12-2-4-13(5-3-12)14-6-8-15(17)9-7-14/h2-5,14-15H,1,6-10H2,(H,18,19). The topological polar surface area (TPSA) is 37.3 Å². The molecule has 1 saturated carbocycles. The highest BCUT2D eigenvalue weighted by Crippen LogP contribution is 2.35. The van der Waals surface area contributed by atoms with Crippen LogP contribution in [0.25, 0.3) is 0 Å². The number of carboxylic acids is 1. The first kappa shape index (κ1) is 14.3. The average Bonchev–Trinajstić information content (AvgIpc) is 2.40. The van der Waals surface area contributed by atoms with Crippen molar-refractivity contribution >= 4 is 21.9 Å². The van der Waals surface area contributed by atoms with Gasteiger partial charge in [0.1, 0.15) is 0 Å². The van der Waals surface area contributed by atoms with E-state index in [2.05, 4.69) is 34.6 Å². The van der Waals surface area contributed by atoms with Gasteiger partial charge in [-0.3, -0.25) is 0 Å². The van der Waals surface area contributed by atoms with Crippen molar-refractivity contribution in [2.45, 2.75) is 42.8 Å². The molecule has 0 aliphatic heterocycles. The minimum atomic E-state index is -0.917. The molecule has 1 fully saturated rings. The van der Waals surface area contributed by atoms with Crippen LogP contribution in [0.1, 0.15) is 42.7 Å². The van der Waals surface area contributed by atoms with E-state index in [4.69, 9.17) is 5.11 Å². The molecule has 0 unspecified atom stereocenters. The van der Waals surface area contributed by atoms with Gasteiger partial charge in [0.05, 0.1) is 0 Å². The van der Waals surface area contributed by atoms with E-state index >= 15 is 0 Å². The molecule has 1 aliphatic rings. The van der Waals surface area contributed by atoms with E-state index in [1.807, 2.05) is 12.1 Å². The number of alkyl halides is 1. The van der Waals surface area contributed by atoms with Gasteiger partial charge in [-0.25, -0.2) is 4.79 Å². The second kappa shape index (κ2) is 6.38. The Morgan fingerprint density at radius 1 is 1.21 bits per heavy atom. The summed E-state index contributed by atoms with van der Waals surface area (Å²) in [5, 5.41) is 8.82. The van der Waals surface area contributed by atoms with Gasteiger partial charge in [-0.05, 0) is 42.7 Å². The maximum atomic E-state index is 10.7. The number of aliphatic carboxylic acids is 1. The smallest absolute Gasteiger partial charge is 0.331 e. The van der Waals surface area contributed by atoms with E-state index in [0.717, 1.165) is 5.56 Å². The molecule has 0 heterocycles. The Morgan fingerprint density at radius 2 is 1.79 bits per heavy atom. The molecule has 0 bridgehead atoms. The number of rotatable bonds is 4. The van der Waals surface area contributed by atoms with Crippen molar-refractivity contribution in [1.29, 1.82) is 0 Å². The summed E-state index contributed by atoms with van der Waals surface area (Å²) in [4.78, 5) is 11.4. The SMILES string of the molecule is C=C(Cc1ccc(C2CCC(Br)CC2)cc1)C(=O)O. The van der Waals surface area contributed by atoms with Gasteiger partial charge in [0.25, 0.3) is 0 Å². The third-order valence-electron chi connectivity index (χ3n) is 3.83. The van der Waals surface area contributed by atoms with Gasteiger partial charge in [0.15, 0.2) is 0 Å². The quantitative estimate of drug-likeness (QED) is 0.663. The monoisotopic (exact) mass is 322 g/mol. The summed E-state index contributed by atoms with van der Waals surface area (Å²) in [5.74, 6) is -0.259. The van der Waals surface area contributed by atoms with Gasteiger partial charge in [-0.1, -0.05) is 46.8 Å². The van der Waals surface area contributed by atoms with Crippen LogP contribution in [0.5, 0.6) is 0 Å². The molecule has 2 nitrogen and oxygen atoms in total. The van der Waals surface area contributed by atoms with Crippen LogP contribution in [-0.4, -0.2) is 15.9 Å². The van der Waals surface area contributed by atoms with Crippen molar-refractivity contribution in [3.63, 3.8) is 0 Å². The third-order valence-corrected chi connectivity index (χ3v) is 4.74. The van der Waals surface area contributed by atoms with E-state index < -0.39 is 5.97 Å². The Kier molecular flexibility index (Phi) is 4.81. The zero-order valence-corrected chi connectivity index (χ0v) is 12.5. The van der Waals surface area contributed by atoms with E-state index in [9.17, 15) is 4.79 Å². The van der Waals surface area contributed by atoms with E-state index in [0.29, 0.717) is 17.2 Å². The fourth-order valence-corrected chi connectivity index (χ4v) is 3.14. The maximum Gasteiger partial charge on any atom is 0.331 e. The van der Waals surface area contributed by atoms with Crippen molar-refractivity contribution in [3.05, 3.63) is 47.5 Å². The summed E-state index contributed by atoms with van der Waals surface area (Å²) in [5.41, 5.74) is 2.64. The highest BCUT2D eigenvalue weighted by molar-refractivity contribution is 9.09. The van der Waals surface area contributed by atoms with E-state index in [-0.39, 0.29) is 5.57 Å². The number of carboxylic acid groups (broad SMARTS) is 1. The molecule has 1 aliphatic carbocycles. The van der Waals surface area contributed by atoms with Crippen LogP contribution in [0.3, 0.4) is 0 Å². The molecule has 2 rings (SSSR count). The number of benzene rings is 1. The van der Waals surface area contributed by atoms with Crippen LogP contribution in [0.2, 0.25) is 0 Å². The average molecular weight is 323 g/mol. The summed E-state index contributed by atoms with van der Waals surface area (Å²) >= 11 is 3.68. The number of halogens is 1. The first-order valence-electron chi connectivity index (χ1n) is 6.70. The Balaban J connectivity index is 1.98. The summed E-state index contributed by atoms with van der Waals surface area (Å²) < 4.78 is 0. The van der Waals surface area contributed by atoms with Gasteiger partial charge in [0, 0.05) is 16.8 Å². The summed E-state index contributed by atoms with van der Waals surface area (Å²) in [6, 6.07) is 8.35. The second-order valence-electron chi connectivity index (χ2n) is 5.28. The molecule has 1 aromatic carbocycles. The Hall–Kier alpha value is -1.09. The number of carbonyl (C=O) groups is 1. The lowest BCUT2D eigenvalue weighted by Crippen LogP contribution is -2.12. The van der Waals surface area contributed by atoms with Crippen molar-refractivity contribution < 1.29 is 9.90 Å². The number of hydrogen-bond donors (Lipinski definition) is 1. The first-order chi connectivity index (χ1) is 9.06. The molecule has 0 spiro atoms. The Morgan fingerprint density at radius 3 is 2.32 bits per heavy atom. The number of hydrogen-bond acceptors (Lipinski definition) is 1. The minimum Gasteiger partial charge on any atom is -0.478 e. The molecular weight excluding hydrogens is 304 g/mol. The van der Waals surface area contributed by atoms with Crippen LogP contribution in [-0.2, 0) is 11.2 Å². The zero-order chi connectivity index (χ0) is 13.8. The second-order valence-corrected chi connectivity index (χ2v) is 6.57. The molecule has 0 atom stereocenters. The van der Waals surface area contributed by atoms with Crippen molar-refractivity contribution in [2.75, 3.05) is 0 Å². The molecule has 102 valence electrons. The highest BCUT2D eigenvalue weighted by atomic mass is 79.9. The predicted molar refractivity (Wildman–Crippen MR) is 80.8 cm³/mol. The molecule has 0 aromatic heterocycles. The summed E-state index contributed by atoms with van der Waals surface area (Å²) in [7, 11) is 0. The van der Waals surface area contributed by atoms with Gasteiger partial charge in [-0.2, -0.15) is 0 Å². The lowest BCUT2D eigenvalue weighted by Gasteiger charge is -2.25. The van der Waals surface area contributed by atoms with Crippen LogP contribution in [0.15, 0.2) is 36.4 Å². The van der Waals surface area contributed by atoms with E-state index in [1.165, 1.54) is 31.2 Å². The third kappa shape index (κ3) is 3.93. The fourth-order valence-electron chi connectivity index (χ4n) is 2.62. The minimum absolute atomic E-state index is 0.243. The van der Waals surface area contributed by atoms with Crippen molar-refractivity contribution in [1.82, 2.24) is 0 Å². The maximum absolute atomic E-state index is 10.7. The molecular formula is C16H19BrO2. The van der Waals surface area contributed by atoms with Crippen molar-refractivity contribution in [3.8, 4) is 0 Å². The first-order valence-corrected chi connectivity index (χ1v) is 7.62. The molecule has 1 aromatic rings. The molecule has 3 heteroatoms. The summed E-state index contributed by atoms with van der Waals surface area (Å²) in [6.45, 7) is 3.57. The molecule has 1 N–H and O–H groups in total. The van der Waals surface area contributed by atoms with Crippen LogP contribution < -0.4 is 0 Å². The Bertz CT molecular complexity index is 456. The fraction of sp³-hybridized carbons (Fsp3) is 0.438. The van der Waals surface area contributed by atoms with Crippen LogP contribution >= 0.6 is 15.9 Å². The van der Waals surface area contributed by atoms with Gasteiger partial charge in [-0.15, -0.1) is 0 Å². The van der Waals surface area contributed by atoms with Gasteiger partial charge in [0.2, 0.25) is 0 Å². The van der Waals surface area contributed by atoms with E-state index in [1.54, 1.807) is 0 Å². The lowest BCUT2D eigenvalue weighted by molar-refractivity contribution is -0.132.